The Morgan fingerprint density at radius 2 is 2.18 bits per heavy atom. The summed E-state index contributed by atoms with van der Waals surface area (Å²) in [6.45, 7) is 5.89. The third kappa shape index (κ3) is 5.70. The lowest BCUT2D eigenvalue weighted by molar-refractivity contribution is 0.272. The lowest BCUT2D eigenvalue weighted by atomic mass is 10.3. The molecule has 0 aliphatic heterocycles. The third-order valence-electron chi connectivity index (χ3n) is 1.71. The molecular weight excluding hydrogens is 140 g/mol. The van der Waals surface area contributed by atoms with Gasteiger partial charge in [0.1, 0.15) is 0 Å². The van der Waals surface area contributed by atoms with E-state index in [0.717, 1.165) is 13.0 Å². The molecule has 0 unspecified atom stereocenters. The van der Waals surface area contributed by atoms with Crippen molar-refractivity contribution >= 4 is 0 Å². The Bertz CT molecular complexity index is 137. The first kappa shape index (κ1) is 10.3. The van der Waals surface area contributed by atoms with Gasteiger partial charge in [-0.15, -0.1) is 0 Å². The van der Waals surface area contributed by atoms with E-state index < -0.39 is 0 Å². The molecule has 0 radical (unpaired) electrons. The van der Waals surface area contributed by atoms with E-state index in [1.165, 1.54) is 0 Å². The van der Waals surface area contributed by atoms with Crippen molar-refractivity contribution in [2.75, 3.05) is 20.1 Å². The molecule has 0 N–H and O–H groups in total. The zero-order valence-corrected chi connectivity index (χ0v) is 7.49. The molecule has 64 valence electrons. The molecule has 4 heteroatoms. The first-order valence-corrected chi connectivity index (χ1v) is 3.89. The van der Waals surface area contributed by atoms with Crippen LogP contribution >= 0.6 is 0 Å². The molecule has 0 aliphatic rings. The van der Waals surface area contributed by atoms with E-state index in [-0.39, 0.29) is 0 Å². The maximum atomic E-state index is 7.99. The summed E-state index contributed by atoms with van der Waals surface area (Å²) in [5.41, 5.74) is 7.99. The topological polar surface area (TPSA) is 52.0 Å². The number of hydrogen-bond donors (Lipinski definition) is 0. The fourth-order valence-corrected chi connectivity index (χ4v) is 0.694. The standard InChI is InChI=1S/C7H16N4/c1-7(2)11(3)6-4-5-9-10-8/h7H,4-6H2,1-3H3. The van der Waals surface area contributed by atoms with Crippen LogP contribution in [0.15, 0.2) is 5.11 Å². The summed E-state index contributed by atoms with van der Waals surface area (Å²) >= 11 is 0. The fourth-order valence-electron chi connectivity index (χ4n) is 0.694. The second kappa shape index (κ2) is 6.01. The van der Waals surface area contributed by atoms with E-state index in [2.05, 4.69) is 35.8 Å². The van der Waals surface area contributed by atoms with Crippen LogP contribution in [0.5, 0.6) is 0 Å². The Hall–Kier alpha value is -0.730. The summed E-state index contributed by atoms with van der Waals surface area (Å²) in [4.78, 5) is 4.91. The highest BCUT2D eigenvalue weighted by molar-refractivity contribution is 4.57. The lowest BCUT2D eigenvalue weighted by Gasteiger charge is -2.19. The largest absolute Gasteiger partial charge is 0.304 e. The third-order valence-corrected chi connectivity index (χ3v) is 1.71. The van der Waals surface area contributed by atoms with Gasteiger partial charge in [0.2, 0.25) is 0 Å². The van der Waals surface area contributed by atoms with Crippen LogP contribution in [0.4, 0.5) is 0 Å². The van der Waals surface area contributed by atoms with Crippen LogP contribution in [0.25, 0.3) is 10.4 Å². The Morgan fingerprint density at radius 3 is 2.64 bits per heavy atom. The second-order valence-electron chi connectivity index (χ2n) is 2.88. The molecule has 0 aromatic rings. The van der Waals surface area contributed by atoms with E-state index in [1.807, 2.05) is 0 Å². The van der Waals surface area contributed by atoms with Gasteiger partial charge in [-0.2, -0.15) is 0 Å². The van der Waals surface area contributed by atoms with E-state index in [1.54, 1.807) is 0 Å². The van der Waals surface area contributed by atoms with Crippen LogP contribution in [0.2, 0.25) is 0 Å². The van der Waals surface area contributed by atoms with Crippen molar-refractivity contribution in [3.63, 3.8) is 0 Å². The van der Waals surface area contributed by atoms with Gasteiger partial charge in [0.25, 0.3) is 0 Å². The number of nitrogens with zero attached hydrogens (tertiary/aromatic N) is 4. The van der Waals surface area contributed by atoms with Crippen LogP contribution in [0, 0.1) is 0 Å². The normalized spacial score (nSPS) is 10.3. The van der Waals surface area contributed by atoms with Crippen LogP contribution in [0.1, 0.15) is 20.3 Å². The summed E-state index contributed by atoms with van der Waals surface area (Å²) in [7, 11) is 2.07. The minimum atomic E-state index is 0.570. The SMILES string of the molecule is CC(C)N(C)CCCN=[N+]=[N-]. The fraction of sp³-hybridized carbons (Fsp3) is 1.00. The minimum absolute atomic E-state index is 0.570. The number of rotatable bonds is 5. The maximum absolute atomic E-state index is 7.99. The summed E-state index contributed by atoms with van der Waals surface area (Å²) in [5, 5.41) is 3.46. The second-order valence-corrected chi connectivity index (χ2v) is 2.88. The highest BCUT2D eigenvalue weighted by Gasteiger charge is 2.00. The van der Waals surface area contributed by atoms with Gasteiger partial charge < -0.3 is 4.90 Å². The molecule has 0 fully saturated rings. The van der Waals surface area contributed by atoms with Gasteiger partial charge in [-0.1, -0.05) is 5.11 Å². The Labute approximate surface area is 67.8 Å². The minimum Gasteiger partial charge on any atom is -0.304 e. The van der Waals surface area contributed by atoms with Crippen molar-refractivity contribution in [1.29, 1.82) is 0 Å². The first-order chi connectivity index (χ1) is 5.18. The molecule has 11 heavy (non-hydrogen) atoms. The van der Waals surface area contributed by atoms with Gasteiger partial charge in [-0.25, -0.2) is 0 Å². The Balaban J connectivity index is 3.31. The van der Waals surface area contributed by atoms with E-state index in [4.69, 9.17) is 5.53 Å². The molecule has 0 aromatic heterocycles. The predicted octanol–water partition coefficient (Wildman–Crippen LogP) is 2.03. The van der Waals surface area contributed by atoms with E-state index in [0.29, 0.717) is 12.6 Å². The molecule has 0 saturated heterocycles. The molecule has 0 aromatic carbocycles. The molecule has 0 heterocycles. The lowest BCUT2D eigenvalue weighted by Crippen LogP contribution is -2.27. The predicted molar refractivity (Wildman–Crippen MR) is 46.4 cm³/mol. The summed E-state index contributed by atoms with van der Waals surface area (Å²) in [6, 6.07) is 0.570. The number of azide groups is 1. The van der Waals surface area contributed by atoms with Crippen molar-refractivity contribution in [3.8, 4) is 0 Å². The van der Waals surface area contributed by atoms with Crippen molar-refractivity contribution in [3.05, 3.63) is 10.4 Å². The number of hydrogen-bond acceptors (Lipinski definition) is 2. The van der Waals surface area contributed by atoms with Crippen LogP contribution in [-0.2, 0) is 0 Å². The van der Waals surface area contributed by atoms with E-state index >= 15 is 0 Å². The highest BCUT2D eigenvalue weighted by Crippen LogP contribution is 1.94. The quantitative estimate of drug-likeness (QED) is 0.260. The van der Waals surface area contributed by atoms with Crippen LogP contribution in [-0.4, -0.2) is 31.1 Å². The monoisotopic (exact) mass is 156 g/mol. The van der Waals surface area contributed by atoms with Crippen molar-refractivity contribution in [2.45, 2.75) is 26.3 Å². The summed E-state index contributed by atoms with van der Waals surface area (Å²) < 4.78 is 0. The van der Waals surface area contributed by atoms with Gasteiger partial charge in [-0.05, 0) is 39.4 Å². The highest BCUT2D eigenvalue weighted by atomic mass is 15.1. The summed E-state index contributed by atoms with van der Waals surface area (Å²) in [5.74, 6) is 0. The van der Waals surface area contributed by atoms with Crippen LogP contribution in [0.3, 0.4) is 0 Å². The average Bonchev–Trinajstić information content (AvgIpc) is 1.97. The van der Waals surface area contributed by atoms with Crippen molar-refractivity contribution in [1.82, 2.24) is 4.90 Å². The molecule has 0 spiro atoms. The van der Waals surface area contributed by atoms with Gasteiger partial charge >= 0.3 is 0 Å². The van der Waals surface area contributed by atoms with Crippen LogP contribution < -0.4 is 0 Å². The molecule has 0 amide bonds. The molecular formula is C7H16N4. The average molecular weight is 156 g/mol. The van der Waals surface area contributed by atoms with Crippen molar-refractivity contribution in [2.24, 2.45) is 5.11 Å². The Kier molecular flexibility index (Phi) is 5.61. The summed E-state index contributed by atoms with van der Waals surface area (Å²) in [6.07, 6.45) is 0.943. The van der Waals surface area contributed by atoms with E-state index in [9.17, 15) is 0 Å². The molecule has 0 aliphatic carbocycles. The molecule has 0 rings (SSSR count). The maximum Gasteiger partial charge on any atom is 0.0270 e. The smallest absolute Gasteiger partial charge is 0.0270 e. The van der Waals surface area contributed by atoms with Gasteiger partial charge in [0, 0.05) is 17.5 Å². The Morgan fingerprint density at radius 1 is 1.55 bits per heavy atom. The molecule has 4 nitrogen and oxygen atoms in total. The zero-order valence-electron chi connectivity index (χ0n) is 7.49. The first-order valence-electron chi connectivity index (χ1n) is 3.89. The van der Waals surface area contributed by atoms with Gasteiger partial charge in [-0.3, -0.25) is 0 Å². The molecule has 0 saturated carbocycles. The zero-order chi connectivity index (χ0) is 8.69. The molecule has 0 atom stereocenters. The van der Waals surface area contributed by atoms with Gasteiger partial charge in [0.15, 0.2) is 0 Å². The van der Waals surface area contributed by atoms with Crippen molar-refractivity contribution < 1.29 is 0 Å². The van der Waals surface area contributed by atoms with Gasteiger partial charge in [0.05, 0.1) is 0 Å². The molecule has 0 bridgehead atoms.